The topological polar surface area (TPSA) is 59.8 Å². The summed E-state index contributed by atoms with van der Waals surface area (Å²) < 4.78 is 13.7. The van der Waals surface area contributed by atoms with E-state index < -0.39 is 6.10 Å². The zero-order valence-corrected chi connectivity index (χ0v) is 19.2. The molecular formula is C26H33N3O3. The summed E-state index contributed by atoms with van der Waals surface area (Å²) in [5.41, 5.74) is 4.12. The normalized spacial score (nSPS) is 14.7. The van der Waals surface area contributed by atoms with Crippen LogP contribution in [-0.4, -0.2) is 51.7 Å². The SMILES string of the molecule is CCOC[C@@H](O)CN(Cc1c(C)nn(-c2ccccc2)c1Oc1ccc(C)cc1)C1CC1. The molecule has 1 saturated carbocycles. The van der Waals surface area contributed by atoms with Gasteiger partial charge in [-0.05, 0) is 57.9 Å². The maximum atomic E-state index is 10.5. The molecule has 1 fully saturated rings. The van der Waals surface area contributed by atoms with Crippen LogP contribution < -0.4 is 4.74 Å². The molecule has 0 radical (unpaired) electrons. The monoisotopic (exact) mass is 435 g/mol. The molecule has 6 heteroatoms. The molecule has 32 heavy (non-hydrogen) atoms. The number of aliphatic hydroxyl groups is 1. The lowest BCUT2D eigenvalue weighted by Crippen LogP contribution is -2.36. The Kier molecular flexibility index (Phi) is 7.25. The van der Waals surface area contributed by atoms with E-state index in [4.69, 9.17) is 14.6 Å². The Morgan fingerprint density at radius 3 is 2.47 bits per heavy atom. The Morgan fingerprint density at radius 1 is 1.09 bits per heavy atom. The summed E-state index contributed by atoms with van der Waals surface area (Å²) in [6, 6.07) is 18.6. The summed E-state index contributed by atoms with van der Waals surface area (Å²) in [7, 11) is 0. The van der Waals surface area contributed by atoms with E-state index in [2.05, 4.69) is 11.8 Å². The summed E-state index contributed by atoms with van der Waals surface area (Å²) in [5.74, 6) is 1.51. The second kappa shape index (κ2) is 10.3. The van der Waals surface area contributed by atoms with E-state index in [1.807, 2.05) is 73.1 Å². The molecule has 1 aromatic heterocycles. The highest BCUT2D eigenvalue weighted by molar-refractivity contribution is 5.43. The fourth-order valence-electron chi connectivity index (χ4n) is 3.85. The summed E-state index contributed by atoms with van der Waals surface area (Å²) in [4.78, 5) is 2.34. The van der Waals surface area contributed by atoms with E-state index >= 15 is 0 Å². The molecule has 3 aromatic rings. The van der Waals surface area contributed by atoms with Crippen LogP contribution in [0.2, 0.25) is 0 Å². The highest BCUT2D eigenvalue weighted by Gasteiger charge is 2.32. The van der Waals surface area contributed by atoms with Crippen molar-refractivity contribution in [3.8, 4) is 17.3 Å². The molecule has 1 aliphatic carbocycles. The highest BCUT2D eigenvalue weighted by atomic mass is 16.5. The third-order valence-corrected chi connectivity index (χ3v) is 5.76. The molecule has 0 bridgehead atoms. The maximum absolute atomic E-state index is 10.5. The second-order valence-electron chi connectivity index (χ2n) is 8.51. The molecular weight excluding hydrogens is 402 g/mol. The summed E-state index contributed by atoms with van der Waals surface area (Å²) in [6.45, 7) is 8.25. The van der Waals surface area contributed by atoms with Crippen molar-refractivity contribution >= 4 is 0 Å². The molecule has 0 saturated heterocycles. The zero-order valence-electron chi connectivity index (χ0n) is 19.2. The van der Waals surface area contributed by atoms with E-state index in [9.17, 15) is 5.11 Å². The van der Waals surface area contributed by atoms with Crippen LogP contribution >= 0.6 is 0 Å². The molecule has 6 nitrogen and oxygen atoms in total. The fraction of sp³-hybridized carbons (Fsp3) is 0.423. The summed E-state index contributed by atoms with van der Waals surface area (Å²) in [6.07, 6.45) is 1.80. The van der Waals surface area contributed by atoms with Crippen molar-refractivity contribution in [2.24, 2.45) is 0 Å². The van der Waals surface area contributed by atoms with Gasteiger partial charge in [-0.1, -0.05) is 35.9 Å². The molecule has 0 amide bonds. The number of aromatic nitrogens is 2. The van der Waals surface area contributed by atoms with E-state index in [1.165, 1.54) is 5.56 Å². The summed E-state index contributed by atoms with van der Waals surface area (Å²) >= 11 is 0. The molecule has 1 heterocycles. The first-order valence-electron chi connectivity index (χ1n) is 11.4. The standard InChI is InChI=1S/C26H33N3O3/c1-4-31-18-23(30)16-28(21-12-13-21)17-25-20(3)27-29(22-8-6-5-7-9-22)26(25)32-24-14-10-19(2)11-15-24/h5-11,14-15,21,23,30H,4,12-13,16-18H2,1-3H3/t23-/m0/s1. The molecule has 170 valence electrons. The number of hydrogen-bond acceptors (Lipinski definition) is 5. The number of benzene rings is 2. The Balaban J connectivity index is 1.65. The molecule has 4 rings (SSSR count). The predicted octanol–water partition coefficient (Wildman–Crippen LogP) is 4.64. The Morgan fingerprint density at radius 2 is 1.81 bits per heavy atom. The molecule has 1 aliphatic rings. The van der Waals surface area contributed by atoms with Crippen LogP contribution in [0.1, 0.15) is 36.6 Å². The number of para-hydroxylation sites is 1. The lowest BCUT2D eigenvalue weighted by Gasteiger charge is -2.25. The number of nitrogens with zero attached hydrogens (tertiary/aromatic N) is 3. The van der Waals surface area contributed by atoms with Crippen LogP contribution in [0, 0.1) is 13.8 Å². The van der Waals surface area contributed by atoms with Gasteiger partial charge in [0.15, 0.2) is 0 Å². The molecule has 2 aromatic carbocycles. The van der Waals surface area contributed by atoms with Gasteiger partial charge in [-0.15, -0.1) is 0 Å². The predicted molar refractivity (Wildman–Crippen MR) is 125 cm³/mol. The van der Waals surface area contributed by atoms with Crippen LogP contribution in [0.4, 0.5) is 0 Å². The van der Waals surface area contributed by atoms with Crippen LogP contribution in [0.15, 0.2) is 54.6 Å². The minimum Gasteiger partial charge on any atom is -0.439 e. The second-order valence-corrected chi connectivity index (χ2v) is 8.51. The first-order chi connectivity index (χ1) is 15.5. The van der Waals surface area contributed by atoms with Gasteiger partial charge in [0.2, 0.25) is 5.88 Å². The largest absolute Gasteiger partial charge is 0.439 e. The van der Waals surface area contributed by atoms with Gasteiger partial charge in [-0.2, -0.15) is 5.10 Å². The Bertz CT molecular complexity index is 997. The zero-order chi connectivity index (χ0) is 22.5. The smallest absolute Gasteiger partial charge is 0.227 e. The van der Waals surface area contributed by atoms with E-state index in [1.54, 1.807) is 0 Å². The van der Waals surface area contributed by atoms with Gasteiger partial charge >= 0.3 is 0 Å². The fourth-order valence-corrected chi connectivity index (χ4v) is 3.85. The Hall–Kier alpha value is -2.67. The number of aryl methyl sites for hydroxylation is 2. The van der Waals surface area contributed by atoms with E-state index in [0.29, 0.717) is 32.3 Å². The highest BCUT2D eigenvalue weighted by Crippen LogP contribution is 2.35. The quantitative estimate of drug-likeness (QED) is 0.475. The van der Waals surface area contributed by atoms with Crippen molar-refractivity contribution in [3.63, 3.8) is 0 Å². The van der Waals surface area contributed by atoms with Crippen LogP contribution in [0.5, 0.6) is 11.6 Å². The summed E-state index contributed by atoms with van der Waals surface area (Å²) in [5, 5.41) is 15.3. The third-order valence-electron chi connectivity index (χ3n) is 5.76. The van der Waals surface area contributed by atoms with Crippen molar-refractivity contribution in [2.75, 3.05) is 19.8 Å². The Labute approximate surface area is 190 Å². The third kappa shape index (κ3) is 5.57. The molecule has 1 N–H and O–H groups in total. The van der Waals surface area contributed by atoms with Gasteiger partial charge in [0, 0.05) is 25.7 Å². The van der Waals surface area contributed by atoms with Gasteiger partial charge in [0.25, 0.3) is 0 Å². The molecule has 0 unspecified atom stereocenters. The average Bonchev–Trinajstić information content (AvgIpc) is 3.60. The van der Waals surface area contributed by atoms with E-state index in [-0.39, 0.29) is 0 Å². The lowest BCUT2D eigenvalue weighted by molar-refractivity contribution is 0.0177. The van der Waals surface area contributed by atoms with Gasteiger partial charge in [-0.3, -0.25) is 4.90 Å². The number of rotatable bonds is 11. The molecule has 0 spiro atoms. The molecule has 0 aliphatic heterocycles. The van der Waals surface area contributed by atoms with Gasteiger partial charge in [0.05, 0.1) is 29.7 Å². The first kappa shape index (κ1) is 22.5. The number of ether oxygens (including phenoxy) is 2. The van der Waals surface area contributed by atoms with Gasteiger partial charge in [0.1, 0.15) is 5.75 Å². The number of hydrogen-bond donors (Lipinski definition) is 1. The average molecular weight is 436 g/mol. The van der Waals surface area contributed by atoms with Gasteiger partial charge in [-0.25, -0.2) is 4.68 Å². The minimum absolute atomic E-state index is 0.356. The maximum Gasteiger partial charge on any atom is 0.227 e. The van der Waals surface area contributed by atoms with Crippen LogP contribution in [0.25, 0.3) is 5.69 Å². The first-order valence-corrected chi connectivity index (χ1v) is 11.4. The van der Waals surface area contributed by atoms with Crippen LogP contribution in [0.3, 0.4) is 0 Å². The molecule has 1 atom stereocenters. The van der Waals surface area contributed by atoms with Crippen molar-refractivity contribution in [1.29, 1.82) is 0 Å². The number of aliphatic hydroxyl groups excluding tert-OH is 1. The minimum atomic E-state index is -0.513. The van der Waals surface area contributed by atoms with Crippen molar-refractivity contribution < 1.29 is 14.6 Å². The van der Waals surface area contributed by atoms with Gasteiger partial charge < -0.3 is 14.6 Å². The van der Waals surface area contributed by atoms with Crippen molar-refractivity contribution in [3.05, 3.63) is 71.4 Å². The van der Waals surface area contributed by atoms with E-state index in [0.717, 1.165) is 41.4 Å². The van der Waals surface area contributed by atoms with Crippen molar-refractivity contribution in [1.82, 2.24) is 14.7 Å². The lowest BCUT2D eigenvalue weighted by atomic mass is 10.2. The van der Waals surface area contributed by atoms with Crippen LogP contribution in [-0.2, 0) is 11.3 Å². The van der Waals surface area contributed by atoms with Crippen molar-refractivity contribution in [2.45, 2.75) is 52.3 Å².